The molecule has 2 aromatic carbocycles. The second-order valence-electron chi connectivity index (χ2n) is 4.62. The van der Waals surface area contributed by atoms with Crippen LogP contribution in [0.4, 0.5) is 4.39 Å². The zero-order chi connectivity index (χ0) is 14.5. The van der Waals surface area contributed by atoms with Crippen LogP contribution in [0.3, 0.4) is 0 Å². The summed E-state index contributed by atoms with van der Waals surface area (Å²) in [6, 6.07) is 13.2. The van der Waals surface area contributed by atoms with Crippen LogP contribution in [0, 0.1) is 5.82 Å². The van der Waals surface area contributed by atoms with Crippen LogP contribution in [-0.4, -0.2) is 6.04 Å². The summed E-state index contributed by atoms with van der Waals surface area (Å²) in [4.78, 5) is 0. The second kappa shape index (κ2) is 6.73. The smallest absolute Gasteiger partial charge is 0.139 e. The van der Waals surface area contributed by atoms with Crippen LogP contribution >= 0.6 is 11.6 Å². The Morgan fingerprint density at radius 3 is 2.50 bits per heavy atom. The average molecular weight is 294 g/mol. The molecule has 0 aliphatic heterocycles. The highest BCUT2D eigenvalue weighted by Gasteiger charge is 2.20. The largest absolute Gasteiger partial charge is 0.484 e. The molecule has 0 radical (unpaired) electrons. The molecule has 4 heteroatoms. The summed E-state index contributed by atoms with van der Waals surface area (Å²) >= 11 is 5.95. The topological polar surface area (TPSA) is 35.2 Å². The minimum Gasteiger partial charge on any atom is -0.484 e. The molecule has 0 fully saturated rings. The average Bonchev–Trinajstić information content (AvgIpc) is 2.45. The first-order chi connectivity index (χ1) is 9.60. The van der Waals surface area contributed by atoms with Gasteiger partial charge in [-0.25, -0.2) is 4.39 Å². The van der Waals surface area contributed by atoms with E-state index in [1.165, 1.54) is 12.1 Å². The van der Waals surface area contributed by atoms with Crippen LogP contribution in [0.2, 0.25) is 5.02 Å². The molecule has 0 saturated carbocycles. The number of benzene rings is 2. The van der Waals surface area contributed by atoms with Gasteiger partial charge in [-0.15, -0.1) is 0 Å². The van der Waals surface area contributed by atoms with E-state index >= 15 is 0 Å². The highest BCUT2D eigenvalue weighted by Crippen LogP contribution is 2.27. The van der Waals surface area contributed by atoms with E-state index in [2.05, 4.69) is 0 Å². The highest BCUT2D eigenvalue weighted by atomic mass is 35.5. The van der Waals surface area contributed by atoms with Crippen LogP contribution in [0.5, 0.6) is 5.75 Å². The Bertz CT molecular complexity index is 559. The van der Waals surface area contributed by atoms with Crippen molar-refractivity contribution in [2.45, 2.75) is 25.5 Å². The predicted octanol–water partition coefficient (Wildman–Crippen LogP) is 4.34. The van der Waals surface area contributed by atoms with E-state index in [4.69, 9.17) is 22.1 Å². The van der Waals surface area contributed by atoms with E-state index in [0.717, 1.165) is 12.0 Å². The van der Waals surface area contributed by atoms with Crippen LogP contribution in [0.1, 0.15) is 25.0 Å². The molecule has 2 unspecified atom stereocenters. The lowest BCUT2D eigenvalue weighted by atomic mass is 10.0. The van der Waals surface area contributed by atoms with Crippen molar-refractivity contribution in [2.24, 2.45) is 5.73 Å². The number of halogens is 2. The third kappa shape index (κ3) is 3.71. The highest BCUT2D eigenvalue weighted by molar-refractivity contribution is 6.30. The summed E-state index contributed by atoms with van der Waals surface area (Å²) in [6.07, 6.45) is 0.418. The lowest BCUT2D eigenvalue weighted by molar-refractivity contribution is 0.171. The summed E-state index contributed by atoms with van der Waals surface area (Å²) in [7, 11) is 0. The van der Waals surface area contributed by atoms with Gasteiger partial charge >= 0.3 is 0 Å². The fourth-order valence-corrected chi connectivity index (χ4v) is 2.14. The molecule has 106 valence electrons. The zero-order valence-corrected chi connectivity index (χ0v) is 12.0. The first kappa shape index (κ1) is 14.8. The van der Waals surface area contributed by atoms with Crippen LogP contribution in [0.15, 0.2) is 48.5 Å². The molecule has 0 aliphatic carbocycles. The molecule has 2 N–H and O–H groups in total. The molecular weight excluding hydrogens is 277 g/mol. The monoisotopic (exact) mass is 293 g/mol. The minimum absolute atomic E-state index is 0.181. The van der Waals surface area contributed by atoms with Crippen molar-refractivity contribution in [3.63, 3.8) is 0 Å². The van der Waals surface area contributed by atoms with Crippen molar-refractivity contribution < 1.29 is 9.13 Å². The predicted molar refractivity (Wildman–Crippen MR) is 79.5 cm³/mol. The van der Waals surface area contributed by atoms with E-state index in [9.17, 15) is 4.39 Å². The van der Waals surface area contributed by atoms with E-state index in [1.54, 1.807) is 24.3 Å². The first-order valence-corrected chi connectivity index (χ1v) is 6.91. The number of ether oxygens (including phenoxy) is 1. The van der Waals surface area contributed by atoms with Gasteiger partial charge in [-0.3, -0.25) is 0 Å². The maximum absolute atomic E-state index is 13.0. The van der Waals surface area contributed by atoms with Crippen LogP contribution in [-0.2, 0) is 0 Å². The lowest BCUT2D eigenvalue weighted by Crippen LogP contribution is -2.31. The van der Waals surface area contributed by atoms with E-state index in [1.807, 2.05) is 19.1 Å². The molecule has 0 saturated heterocycles. The zero-order valence-electron chi connectivity index (χ0n) is 11.2. The summed E-state index contributed by atoms with van der Waals surface area (Å²) in [5, 5.41) is 0.602. The Morgan fingerprint density at radius 1 is 1.20 bits per heavy atom. The van der Waals surface area contributed by atoms with Crippen molar-refractivity contribution in [1.82, 2.24) is 0 Å². The maximum atomic E-state index is 13.0. The quantitative estimate of drug-likeness (QED) is 0.890. The van der Waals surface area contributed by atoms with Gasteiger partial charge in [-0.2, -0.15) is 0 Å². The Hall–Kier alpha value is -1.58. The number of hydrogen-bond donors (Lipinski definition) is 1. The third-order valence-electron chi connectivity index (χ3n) is 3.12. The van der Waals surface area contributed by atoms with Crippen molar-refractivity contribution in [1.29, 1.82) is 0 Å². The van der Waals surface area contributed by atoms with Gasteiger partial charge in [0.15, 0.2) is 0 Å². The van der Waals surface area contributed by atoms with Gasteiger partial charge in [0.2, 0.25) is 0 Å². The molecule has 2 aromatic rings. The molecule has 2 atom stereocenters. The van der Waals surface area contributed by atoms with Crippen LogP contribution < -0.4 is 10.5 Å². The van der Waals surface area contributed by atoms with Gasteiger partial charge in [0.1, 0.15) is 17.7 Å². The van der Waals surface area contributed by atoms with Gasteiger partial charge in [0.25, 0.3) is 0 Å². The molecule has 0 spiro atoms. The molecule has 20 heavy (non-hydrogen) atoms. The van der Waals surface area contributed by atoms with Gasteiger partial charge < -0.3 is 10.5 Å². The van der Waals surface area contributed by atoms with Gasteiger partial charge in [0, 0.05) is 11.1 Å². The van der Waals surface area contributed by atoms with Crippen molar-refractivity contribution in [3.05, 3.63) is 64.9 Å². The summed E-state index contributed by atoms with van der Waals surface area (Å²) in [5.41, 5.74) is 6.97. The number of nitrogens with two attached hydrogens (primary N) is 1. The van der Waals surface area contributed by atoms with Gasteiger partial charge in [-0.05, 0) is 42.3 Å². The van der Waals surface area contributed by atoms with Crippen molar-refractivity contribution >= 4 is 11.6 Å². The molecule has 0 aliphatic rings. The van der Waals surface area contributed by atoms with E-state index < -0.39 is 0 Å². The summed E-state index contributed by atoms with van der Waals surface area (Å²) in [6.45, 7) is 1.99. The molecule has 2 nitrogen and oxygen atoms in total. The van der Waals surface area contributed by atoms with Crippen LogP contribution in [0.25, 0.3) is 0 Å². The number of rotatable bonds is 5. The fourth-order valence-electron chi connectivity index (χ4n) is 1.96. The Labute approximate surface area is 123 Å². The second-order valence-corrected chi connectivity index (χ2v) is 5.06. The summed E-state index contributed by atoms with van der Waals surface area (Å²) in [5.74, 6) is 0.371. The molecule has 0 aromatic heterocycles. The molecule has 0 amide bonds. The molecular formula is C16H17ClFNO. The molecule has 2 rings (SSSR count). The molecule has 0 bridgehead atoms. The molecule has 0 heterocycles. The van der Waals surface area contributed by atoms with E-state index in [-0.39, 0.29) is 18.0 Å². The Balaban J connectivity index is 2.26. The minimum atomic E-state index is -0.334. The SMILES string of the molecule is CCC(N)C(Oc1cccc(Cl)c1)c1ccc(F)cc1. The standard InChI is InChI=1S/C16H17ClFNO/c1-2-15(19)16(11-6-8-13(18)9-7-11)20-14-5-3-4-12(17)10-14/h3-10,15-16H,2,19H2,1H3. The van der Waals surface area contributed by atoms with Gasteiger partial charge in [0.05, 0.1) is 0 Å². The van der Waals surface area contributed by atoms with E-state index in [0.29, 0.717) is 10.8 Å². The fraction of sp³-hybridized carbons (Fsp3) is 0.250. The maximum Gasteiger partial charge on any atom is 0.139 e. The number of hydrogen-bond acceptors (Lipinski definition) is 2. The normalized spacial score (nSPS) is 13.8. The lowest BCUT2D eigenvalue weighted by Gasteiger charge is -2.25. The Kier molecular flexibility index (Phi) is 4.99. The third-order valence-corrected chi connectivity index (χ3v) is 3.35. The first-order valence-electron chi connectivity index (χ1n) is 6.53. The summed E-state index contributed by atoms with van der Waals surface area (Å²) < 4.78 is 19.0. The van der Waals surface area contributed by atoms with Crippen molar-refractivity contribution in [2.75, 3.05) is 0 Å². The van der Waals surface area contributed by atoms with Gasteiger partial charge in [-0.1, -0.05) is 36.7 Å². The Morgan fingerprint density at radius 2 is 1.90 bits per heavy atom. The van der Waals surface area contributed by atoms with Crippen molar-refractivity contribution in [3.8, 4) is 5.75 Å².